The summed E-state index contributed by atoms with van der Waals surface area (Å²) in [5.74, 6) is 2.14. The number of rotatable bonds is 8. The Labute approximate surface area is 122 Å². The number of hydrogen-bond acceptors (Lipinski definition) is 4. The number of benzene rings is 1. The van der Waals surface area contributed by atoms with Crippen LogP contribution in [0.2, 0.25) is 0 Å². The Balaban J connectivity index is 2.87. The summed E-state index contributed by atoms with van der Waals surface area (Å²) in [5, 5.41) is 3.60. The van der Waals surface area contributed by atoms with Crippen LogP contribution in [0.3, 0.4) is 0 Å². The van der Waals surface area contributed by atoms with E-state index < -0.39 is 0 Å². The first-order chi connectivity index (χ1) is 9.53. The van der Waals surface area contributed by atoms with Crippen LogP contribution >= 0.6 is 0 Å². The van der Waals surface area contributed by atoms with Crippen molar-refractivity contribution in [2.45, 2.75) is 32.9 Å². The van der Waals surface area contributed by atoms with Gasteiger partial charge in [-0.15, -0.1) is 0 Å². The normalized spacial score (nSPS) is 14.2. The van der Waals surface area contributed by atoms with Crippen LogP contribution in [-0.2, 0) is 4.74 Å². The highest BCUT2D eigenvalue weighted by molar-refractivity contribution is 5.42. The van der Waals surface area contributed by atoms with Crippen LogP contribution in [0.25, 0.3) is 0 Å². The molecule has 0 aliphatic heterocycles. The highest BCUT2D eigenvalue weighted by atomic mass is 16.5. The lowest BCUT2D eigenvalue weighted by Gasteiger charge is -2.27. The summed E-state index contributed by atoms with van der Waals surface area (Å²) in [6, 6.07) is 6.39. The van der Waals surface area contributed by atoms with E-state index in [0.29, 0.717) is 18.6 Å². The van der Waals surface area contributed by atoms with Crippen molar-refractivity contribution < 1.29 is 14.2 Å². The van der Waals surface area contributed by atoms with Crippen LogP contribution in [0.4, 0.5) is 0 Å². The van der Waals surface area contributed by atoms with Crippen molar-refractivity contribution in [2.24, 2.45) is 5.92 Å². The molecule has 0 aliphatic rings. The second-order valence-electron chi connectivity index (χ2n) is 5.30. The molecule has 0 aromatic heterocycles. The minimum absolute atomic E-state index is 0.179. The molecule has 0 saturated heterocycles. The van der Waals surface area contributed by atoms with Crippen molar-refractivity contribution in [3.05, 3.63) is 23.8 Å². The summed E-state index contributed by atoms with van der Waals surface area (Å²) in [5.41, 5.74) is 1.12. The average molecular weight is 281 g/mol. The lowest BCUT2D eigenvalue weighted by molar-refractivity contribution is 0.141. The largest absolute Gasteiger partial charge is 0.497 e. The van der Waals surface area contributed by atoms with Gasteiger partial charge >= 0.3 is 0 Å². The van der Waals surface area contributed by atoms with E-state index in [9.17, 15) is 0 Å². The van der Waals surface area contributed by atoms with Gasteiger partial charge in [-0.3, -0.25) is 0 Å². The van der Waals surface area contributed by atoms with Crippen molar-refractivity contribution in [1.82, 2.24) is 5.32 Å². The van der Waals surface area contributed by atoms with Crippen molar-refractivity contribution in [1.29, 1.82) is 0 Å². The van der Waals surface area contributed by atoms with Gasteiger partial charge in [-0.2, -0.15) is 0 Å². The van der Waals surface area contributed by atoms with Crippen LogP contribution in [0, 0.1) is 5.92 Å². The minimum atomic E-state index is 0.179. The van der Waals surface area contributed by atoms with Crippen LogP contribution in [0.15, 0.2) is 18.2 Å². The Hall–Kier alpha value is -1.26. The smallest absolute Gasteiger partial charge is 0.127 e. The molecule has 0 bridgehead atoms. The number of nitrogens with one attached hydrogen (secondary N) is 1. The zero-order valence-corrected chi connectivity index (χ0v) is 13.4. The van der Waals surface area contributed by atoms with Gasteiger partial charge in [-0.05, 0) is 18.9 Å². The van der Waals surface area contributed by atoms with Gasteiger partial charge in [0.25, 0.3) is 0 Å². The standard InChI is InChI=1S/C16H27NO3/c1-11(2)15(10-18-4)17-12(3)14-8-7-13(19-5)9-16(14)20-6/h7-9,11-12,15,17H,10H2,1-6H3. The Morgan fingerprint density at radius 2 is 1.75 bits per heavy atom. The second kappa shape index (κ2) is 8.12. The van der Waals surface area contributed by atoms with E-state index in [1.807, 2.05) is 18.2 Å². The molecule has 0 fully saturated rings. The summed E-state index contributed by atoms with van der Waals surface area (Å²) in [7, 11) is 5.07. The van der Waals surface area contributed by atoms with Gasteiger partial charge < -0.3 is 19.5 Å². The van der Waals surface area contributed by atoms with Gasteiger partial charge in [0.2, 0.25) is 0 Å². The summed E-state index contributed by atoms with van der Waals surface area (Å²) in [4.78, 5) is 0. The maximum absolute atomic E-state index is 5.46. The van der Waals surface area contributed by atoms with Crippen LogP contribution in [0.1, 0.15) is 32.4 Å². The number of hydrogen-bond donors (Lipinski definition) is 1. The highest BCUT2D eigenvalue weighted by Crippen LogP contribution is 2.29. The predicted molar refractivity (Wildman–Crippen MR) is 81.6 cm³/mol. The Morgan fingerprint density at radius 1 is 1.05 bits per heavy atom. The van der Waals surface area contributed by atoms with E-state index in [2.05, 4.69) is 26.1 Å². The predicted octanol–water partition coefficient (Wildman–Crippen LogP) is 3.03. The third kappa shape index (κ3) is 4.39. The second-order valence-corrected chi connectivity index (χ2v) is 5.30. The van der Waals surface area contributed by atoms with Gasteiger partial charge in [0.15, 0.2) is 0 Å². The van der Waals surface area contributed by atoms with Crippen molar-refractivity contribution in [3.8, 4) is 11.5 Å². The molecule has 0 saturated carbocycles. The molecule has 0 radical (unpaired) electrons. The first kappa shape index (κ1) is 16.8. The lowest BCUT2D eigenvalue weighted by Crippen LogP contribution is -2.39. The molecule has 1 aromatic rings. The molecular weight excluding hydrogens is 254 g/mol. The van der Waals surface area contributed by atoms with Crippen LogP contribution in [0.5, 0.6) is 11.5 Å². The molecule has 1 rings (SSSR count). The monoisotopic (exact) mass is 281 g/mol. The lowest BCUT2D eigenvalue weighted by atomic mass is 10.0. The van der Waals surface area contributed by atoms with E-state index in [1.54, 1.807) is 21.3 Å². The van der Waals surface area contributed by atoms with Gasteiger partial charge in [-0.25, -0.2) is 0 Å². The van der Waals surface area contributed by atoms with Crippen LogP contribution in [-0.4, -0.2) is 34.0 Å². The zero-order chi connectivity index (χ0) is 15.1. The molecule has 0 heterocycles. The van der Waals surface area contributed by atoms with Crippen molar-refractivity contribution >= 4 is 0 Å². The Bertz CT molecular complexity index is 407. The summed E-state index contributed by atoms with van der Waals surface area (Å²) in [6.45, 7) is 7.21. The van der Waals surface area contributed by atoms with Gasteiger partial charge in [0.05, 0.1) is 20.8 Å². The molecule has 2 unspecified atom stereocenters. The molecule has 4 nitrogen and oxygen atoms in total. The van der Waals surface area contributed by atoms with Crippen molar-refractivity contribution in [3.63, 3.8) is 0 Å². The first-order valence-electron chi connectivity index (χ1n) is 7.00. The van der Waals surface area contributed by atoms with Gasteiger partial charge in [0.1, 0.15) is 11.5 Å². The third-order valence-electron chi connectivity index (χ3n) is 3.52. The maximum atomic E-state index is 5.46. The van der Waals surface area contributed by atoms with Gasteiger partial charge in [-0.1, -0.05) is 19.9 Å². The topological polar surface area (TPSA) is 39.7 Å². The average Bonchev–Trinajstić information content (AvgIpc) is 2.45. The quantitative estimate of drug-likeness (QED) is 0.795. The van der Waals surface area contributed by atoms with Gasteiger partial charge in [0, 0.05) is 30.8 Å². The first-order valence-corrected chi connectivity index (χ1v) is 7.00. The molecule has 0 amide bonds. The zero-order valence-electron chi connectivity index (χ0n) is 13.4. The van der Waals surface area contributed by atoms with E-state index in [1.165, 1.54) is 0 Å². The fraction of sp³-hybridized carbons (Fsp3) is 0.625. The molecule has 1 aromatic carbocycles. The Kier molecular flexibility index (Phi) is 6.82. The SMILES string of the molecule is COCC(NC(C)c1ccc(OC)cc1OC)C(C)C. The molecule has 1 N–H and O–H groups in total. The highest BCUT2D eigenvalue weighted by Gasteiger charge is 2.19. The summed E-state index contributed by atoms with van der Waals surface area (Å²) >= 11 is 0. The van der Waals surface area contributed by atoms with Crippen molar-refractivity contribution in [2.75, 3.05) is 27.9 Å². The van der Waals surface area contributed by atoms with E-state index >= 15 is 0 Å². The molecule has 0 aliphatic carbocycles. The molecule has 0 spiro atoms. The van der Waals surface area contributed by atoms with E-state index in [-0.39, 0.29) is 6.04 Å². The summed E-state index contributed by atoms with van der Waals surface area (Å²) in [6.07, 6.45) is 0. The molecular formula is C16H27NO3. The molecule has 114 valence electrons. The molecule has 4 heteroatoms. The third-order valence-corrected chi connectivity index (χ3v) is 3.52. The maximum Gasteiger partial charge on any atom is 0.127 e. The van der Waals surface area contributed by atoms with E-state index in [4.69, 9.17) is 14.2 Å². The number of ether oxygens (including phenoxy) is 3. The number of methoxy groups -OCH3 is 3. The Morgan fingerprint density at radius 3 is 2.25 bits per heavy atom. The van der Waals surface area contributed by atoms with Crippen LogP contribution < -0.4 is 14.8 Å². The summed E-state index contributed by atoms with van der Waals surface area (Å²) < 4.78 is 16.0. The molecule has 2 atom stereocenters. The van der Waals surface area contributed by atoms with E-state index in [0.717, 1.165) is 17.1 Å². The fourth-order valence-electron chi connectivity index (χ4n) is 2.20. The molecule has 20 heavy (non-hydrogen) atoms. The minimum Gasteiger partial charge on any atom is -0.497 e. The fourth-order valence-corrected chi connectivity index (χ4v) is 2.20.